The van der Waals surface area contributed by atoms with Crippen molar-refractivity contribution in [3.05, 3.63) is 54.6 Å². The van der Waals surface area contributed by atoms with Crippen LogP contribution in [0.15, 0.2) is 54.6 Å². The molecular formula is C23H26N2O2. The van der Waals surface area contributed by atoms with Gasteiger partial charge in [-0.05, 0) is 43.6 Å². The number of carbonyl (C=O) groups is 2. The van der Waals surface area contributed by atoms with Crippen molar-refractivity contribution in [1.82, 2.24) is 4.90 Å². The third-order valence-electron chi connectivity index (χ3n) is 5.80. The van der Waals surface area contributed by atoms with Gasteiger partial charge in [0.15, 0.2) is 0 Å². The summed E-state index contributed by atoms with van der Waals surface area (Å²) in [6.07, 6.45) is 8.70. The number of nitrogens with zero attached hydrogens (tertiary/aromatic N) is 1. The highest BCUT2D eigenvalue weighted by Gasteiger charge is 2.36. The van der Waals surface area contributed by atoms with E-state index in [4.69, 9.17) is 0 Å². The first-order chi connectivity index (χ1) is 13.2. The van der Waals surface area contributed by atoms with E-state index in [2.05, 4.69) is 5.32 Å². The van der Waals surface area contributed by atoms with Gasteiger partial charge in [-0.15, -0.1) is 0 Å². The summed E-state index contributed by atoms with van der Waals surface area (Å²) in [6, 6.07) is 13.9. The number of allylic oxidation sites excluding steroid dienone is 2. The predicted octanol–water partition coefficient (Wildman–Crippen LogP) is 4.37. The van der Waals surface area contributed by atoms with Gasteiger partial charge in [0.2, 0.25) is 11.8 Å². The van der Waals surface area contributed by atoms with Gasteiger partial charge in [0.1, 0.15) is 0 Å². The monoisotopic (exact) mass is 362 g/mol. The first-order valence-electron chi connectivity index (χ1n) is 9.96. The molecule has 4 nitrogen and oxygen atoms in total. The number of fused-ring (bicyclic) bond motifs is 1. The maximum atomic E-state index is 13.1. The maximum absolute atomic E-state index is 13.1. The molecule has 0 saturated carbocycles. The molecule has 1 saturated heterocycles. The predicted molar refractivity (Wildman–Crippen MR) is 108 cm³/mol. The molecule has 1 aliphatic heterocycles. The number of piperidine rings is 1. The molecule has 1 N–H and O–H groups in total. The summed E-state index contributed by atoms with van der Waals surface area (Å²) in [5.74, 6) is -0.449. The number of nitrogens with one attached hydrogen (secondary N) is 1. The van der Waals surface area contributed by atoms with Crippen molar-refractivity contribution in [2.45, 2.75) is 32.1 Å². The highest BCUT2D eigenvalue weighted by atomic mass is 16.2. The lowest BCUT2D eigenvalue weighted by molar-refractivity contribution is -0.141. The van der Waals surface area contributed by atoms with E-state index < -0.39 is 0 Å². The molecule has 1 aliphatic carbocycles. The lowest BCUT2D eigenvalue weighted by Crippen LogP contribution is -2.45. The van der Waals surface area contributed by atoms with E-state index in [0.29, 0.717) is 12.8 Å². The largest absolute Gasteiger partial charge is 0.342 e. The van der Waals surface area contributed by atoms with Crippen molar-refractivity contribution in [2.24, 2.45) is 11.8 Å². The second-order valence-electron chi connectivity index (χ2n) is 7.56. The van der Waals surface area contributed by atoms with Crippen LogP contribution >= 0.6 is 0 Å². The highest BCUT2D eigenvalue weighted by Crippen LogP contribution is 2.31. The third-order valence-corrected chi connectivity index (χ3v) is 5.80. The molecule has 1 fully saturated rings. The van der Waals surface area contributed by atoms with Crippen molar-refractivity contribution >= 4 is 28.3 Å². The molecule has 140 valence electrons. The molecule has 4 rings (SSSR count). The van der Waals surface area contributed by atoms with Crippen LogP contribution in [0.1, 0.15) is 32.1 Å². The van der Waals surface area contributed by atoms with Crippen molar-refractivity contribution in [2.75, 3.05) is 18.4 Å². The van der Waals surface area contributed by atoms with Crippen molar-refractivity contribution < 1.29 is 9.59 Å². The fourth-order valence-electron chi connectivity index (χ4n) is 4.29. The third kappa shape index (κ3) is 3.75. The van der Waals surface area contributed by atoms with E-state index >= 15 is 0 Å². The first kappa shape index (κ1) is 17.8. The van der Waals surface area contributed by atoms with Crippen LogP contribution < -0.4 is 5.32 Å². The van der Waals surface area contributed by atoms with E-state index in [0.717, 1.165) is 42.4 Å². The van der Waals surface area contributed by atoms with Gasteiger partial charge in [0.25, 0.3) is 0 Å². The Kier molecular flexibility index (Phi) is 5.23. The van der Waals surface area contributed by atoms with Crippen LogP contribution in [0.4, 0.5) is 5.69 Å². The fourth-order valence-corrected chi connectivity index (χ4v) is 4.29. The van der Waals surface area contributed by atoms with Crippen LogP contribution in [0.5, 0.6) is 0 Å². The van der Waals surface area contributed by atoms with Gasteiger partial charge in [0.05, 0.1) is 11.8 Å². The summed E-state index contributed by atoms with van der Waals surface area (Å²) in [5, 5.41) is 5.22. The maximum Gasteiger partial charge on any atom is 0.228 e. The van der Waals surface area contributed by atoms with Crippen LogP contribution in [0.25, 0.3) is 10.8 Å². The van der Waals surface area contributed by atoms with E-state index in [1.165, 1.54) is 6.42 Å². The number of carbonyl (C=O) groups excluding carboxylic acids is 2. The van der Waals surface area contributed by atoms with Crippen molar-refractivity contribution in [3.8, 4) is 0 Å². The molecular weight excluding hydrogens is 336 g/mol. The summed E-state index contributed by atoms with van der Waals surface area (Å²) in [6.45, 7) is 1.66. The van der Waals surface area contributed by atoms with Crippen molar-refractivity contribution in [1.29, 1.82) is 0 Å². The van der Waals surface area contributed by atoms with Gasteiger partial charge in [-0.2, -0.15) is 0 Å². The highest BCUT2D eigenvalue weighted by molar-refractivity contribution is 6.04. The smallest absolute Gasteiger partial charge is 0.228 e. The Hall–Kier alpha value is -2.62. The standard InChI is InChI=1S/C23H26N2O2/c26-22(24-21-14-8-10-17-9-2-3-11-18(17)21)19-12-4-5-13-20(19)23(27)25-15-6-1-7-16-25/h2-5,8-11,14,19-20H,1,6-7,12-13,15-16H2,(H,24,26). The van der Waals surface area contributed by atoms with E-state index in [1.807, 2.05) is 59.5 Å². The zero-order chi connectivity index (χ0) is 18.6. The zero-order valence-electron chi connectivity index (χ0n) is 15.6. The Morgan fingerprint density at radius 1 is 0.852 bits per heavy atom. The molecule has 2 atom stereocenters. The van der Waals surface area contributed by atoms with Gasteiger partial charge in [0, 0.05) is 24.2 Å². The molecule has 27 heavy (non-hydrogen) atoms. The Bertz CT molecular complexity index is 862. The lowest BCUT2D eigenvalue weighted by Gasteiger charge is -2.34. The van der Waals surface area contributed by atoms with Gasteiger partial charge in [-0.1, -0.05) is 48.6 Å². The Labute approximate surface area is 160 Å². The van der Waals surface area contributed by atoms with Crippen LogP contribution in [-0.4, -0.2) is 29.8 Å². The molecule has 0 radical (unpaired) electrons. The van der Waals surface area contributed by atoms with Gasteiger partial charge in [-0.3, -0.25) is 9.59 Å². The number of hydrogen-bond acceptors (Lipinski definition) is 2. The molecule has 4 heteroatoms. The number of hydrogen-bond donors (Lipinski definition) is 1. The lowest BCUT2D eigenvalue weighted by atomic mass is 9.81. The Morgan fingerprint density at radius 2 is 1.56 bits per heavy atom. The summed E-state index contributed by atoms with van der Waals surface area (Å²) in [5.41, 5.74) is 0.817. The molecule has 2 aromatic carbocycles. The fraction of sp³-hybridized carbons (Fsp3) is 0.391. The summed E-state index contributed by atoms with van der Waals surface area (Å²) >= 11 is 0. The number of amides is 2. The van der Waals surface area contributed by atoms with Gasteiger partial charge >= 0.3 is 0 Å². The van der Waals surface area contributed by atoms with Crippen molar-refractivity contribution in [3.63, 3.8) is 0 Å². The molecule has 2 aliphatic rings. The quantitative estimate of drug-likeness (QED) is 0.824. The summed E-state index contributed by atoms with van der Waals surface area (Å²) in [7, 11) is 0. The number of likely N-dealkylation sites (tertiary alicyclic amines) is 1. The zero-order valence-corrected chi connectivity index (χ0v) is 15.6. The SMILES string of the molecule is O=C(Nc1cccc2ccccc12)C1CC=CCC1C(=O)N1CCCCC1. The molecule has 0 aromatic heterocycles. The minimum Gasteiger partial charge on any atom is -0.342 e. The average molecular weight is 362 g/mol. The normalized spacial score (nSPS) is 22.6. The van der Waals surface area contributed by atoms with E-state index in [9.17, 15) is 9.59 Å². The van der Waals surface area contributed by atoms with Gasteiger partial charge in [-0.25, -0.2) is 0 Å². The molecule has 2 aromatic rings. The minimum atomic E-state index is -0.302. The molecule has 2 unspecified atom stereocenters. The van der Waals surface area contributed by atoms with E-state index in [1.54, 1.807) is 0 Å². The molecule has 1 heterocycles. The average Bonchev–Trinajstić information content (AvgIpc) is 2.74. The van der Waals surface area contributed by atoms with E-state index in [-0.39, 0.29) is 23.7 Å². The Morgan fingerprint density at radius 3 is 2.37 bits per heavy atom. The Balaban J connectivity index is 1.53. The second kappa shape index (κ2) is 7.95. The van der Waals surface area contributed by atoms with Crippen LogP contribution in [0, 0.1) is 11.8 Å². The molecule has 0 spiro atoms. The van der Waals surface area contributed by atoms with Gasteiger partial charge < -0.3 is 10.2 Å². The molecule has 0 bridgehead atoms. The van der Waals surface area contributed by atoms with Crippen LogP contribution in [-0.2, 0) is 9.59 Å². The van der Waals surface area contributed by atoms with Crippen LogP contribution in [0.2, 0.25) is 0 Å². The minimum absolute atomic E-state index is 0.0499. The van der Waals surface area contributed by atoms with Crippen LogP contribution in [0.3, 0.4) is 0 Å². The molecule has 2 amide bonds. The number of benzene rings is 2. The summed E-state index contributed by atoms with van der Waals surface area (Å²) < 4.78 is 0. The topological polar surface area (TPSA) is 49.4 Å². The number of anilines is 1. The second-order valence-corrected chi connectivity index (χ2v) is 7.56. The number of rotatable bonds is 3. The summed E-state index contributed by atoms with van der Waals surface area (Å²) in [4.78, 5) is 28.1. The first-order valence-corrected chi connectivity index (χ1v) is 9.96.